The molecule has 0 saturated heterocycles. The van der Waals surface area contributed by atoms with Crippen LogP contribution < -0.4 is 16.6 Å². The van der Waals surface area contributed by atoms with Crippen molar-refractivity contribution in [2.45, 2.75) is 13.5 Å². The van der Waals surface area contributed by atoms with Crippen molar-refractivity contribution in [1.29, 1.82) is 0 Å². The first-order valence-corrected chi connectivity index (χ1v) is 6.19. The predicted molar refractivity (Wildman–Crippen MR) is 70.1 cm³/mol. The van der Waals surface area contributed by atoms with Gasteiger partial charge in [-0.2, -0.15) is 0 Å². The van der Waals surface area contributed by atoms with Crippen LogP contribution in [0.15, 0.2) is 23.7 Å². The highest BCUT2D eigenvalue weighted by atomic mass is 32.1. The van der Waals surface area contributed by atoms with Crippen molar-refractivity contribution in [3.8, 4) is 0 Å². The van der Waals surface area contributed by atoms with E-state index in [1.165, 1.54) is 6.20 Å². The second kappa shape index (κ2) is 5.56. The lowest BCUT2D eigenvalue weighted by Gasteiger charge is -2.04. The van der Waals surface area contributed by atoms with Gasteiger partial charge in [0.15, 0.2) is 0 Å². The number of carbonyl (C=O) groups excluding carboxylic acids is 1. The lowest BCUT2D eigenvalue weighted by atomic mass is 10.2. The molecular weight excluding hydrogens is 250 g/mol. The first-order chi connectivity index (χ1) is 8.69. The molecule has 2 heterocycles. The smallest absolute Gasteiger partial charge is 0.251 e. The molecule has 4 N–H and O–H groups in total. The quantitative estimate of drug-likeness (QED) is 0.566. The van der Waals surface area contributed by atoms with E-state index in [0.717, 1.165) is 10.7 Å². The minimum atomic E-state index is -0.181. The van der Waals surface area contributed by atoms with E-state index >= 15 is 0 Å². The number of aryl methyl sites for hydroxylation is 1. The lowest BCUT2D eigenvalue weighted by Crippen LogP contribution is -2.23. The zero-order chi connectivity index (χ0) is 13.0. The first-order valence-electron chi connectivity index (χ1n) is 5.31. The summed E-state index contributed by atoms with van der Waals surface area (Å²) in [6.07, 6.45) is 1.52. The maximum Gasteiger partial charge on any atom is 0.251 e. The first kappa shape index (κ1) is 12.5. The monoisotopic (exact) mass is 263 g/mol. The molecular formula is C11H13N5OS. The van der Waals surface area contributed by atoms with E-state index in [-0.39, 0.29) is 5.91 Å². The normalized spacial score (nSPS) is 10.1. The zero-order valence-electron chi connectivity index (χ0n) is 9.80. The van der Waals surface area contributed by atoms with Gasteiger partial charge in [0.25, 0.3) is 5.91 Å². The van der Waals surface area contributed by atoms with Gasteiger partial charge in [-0.1, -0.05) is 0 Å². The van der Waals surface area contributed by atoms with Crippen LogP contribution in [-0.4, -0.2) is 15.9 Å². The molecule has 0 saturated carbocycles. The Bertz CT molecular complexity index is 554. The van der Waals surface area contributed by atoms with Gasteiger partial charge in [0.1, 0.15) is 5.82 Å². The van der Waals surface area contributed by atoms with Gasteiger partial charge in [-0.15, -0.1) is 11.3 Å². The Morgan fingerprint density at radius 3 is 3.06 bits per heavy atom. The number of hydrogen-bond donors (Lipinski definition) is 3. The van der Waals surface area contributed by atoms with Crippen molar-refractivity contribution < 1.29 is 4.79 Å². The van der Waals surface area contributed by atoms with E-state index in [4.69, 9.17) is 5.84 Å². The summed E-state index contributed by atoms with van der Waals surface area (Å²) < 4.78 is 0. The number of thiazole rings is 1. The van der Waals surface area contributed by atoms with Crippen molar-refractivity contribution in [1.82, 2.24) is 15.3 Å². The number of rotatable bonds is 4. The highest BCUT2D eigenvalue weighted by Crippen LogP contribution is 2.08. The van der Waals surface area contributed by atoms with Crippen LogP contribution in [0, 0.1) is 6.92 Å². The Hall–Kier alpha value is -1.99. The van der Waals surface area contributed by atoms with Crippen LogP contribution in [-0.2, 0) is 6.54 Å². The summed E-state index contributed by atoms with van der Waals surface area (Å²) in [4.78, 5) is 20.1. The van der Waals surface area contributed by atoms with Gasteiger partial charge in [0, 0.05) is 17.1 Å². The highest BCUT2D eigenvalue weighted by Gasteiger charge is 2.07. The van der Waals surface area contributed by atoms with Crippen LogP contribution in [0.1, 0.15) is 21.1 Å². The Labute approximate surface area is 108 Å². The minimum Gasteiger partial charge on any atom is -0.346 e. The third-order valence-corrected chi connectivity index (χ3v) is 3.09. The average Bonchev–Trinajstić information content (AvgIpc) is 2.82. The van der Waals surface area contributed by atoms with E-state index < -0.39 is 0 Å². The molecule has 2 rings (SSSR count). The van der Waals surface area contributed by atoms with Crippen LogP contribution >= 0.6 is 11.3 Å². The molecule has 6 nitrogen and oxygen atoms in total. The van der Waals surface area contributed by atoms with Gasteiger partial charge in [0.2, 0.25) is 0 Å². The average molecular weight is 263 g/mol. The molecule has 0 aliphatic carbocycles. The molecule has 0 aromatic carbocycles. The van der Waals surface area contributed by atoms with Crippen LogP contribution in [0.5, 0.6) is 0 Å². The number of amides is 1. The number of nitrogen functional groups attached to an aromatic ring is 1. The number of hydrazine groups is 1. The second-order valence-electron chi connectivity index (χ2n) is 3.61. The van der Waals surface area contributed by atoms with Crippen molar-refractivity contribution in [3.05, 3.63) is 40.0 Å². The van der Waals surface area contributed by atoms with Gasteiger partial charge in [0.05, 0.1) is 17.2 Å². The summed E-state index contributed by atoms with van der Waals surface area (Å²) in [5.74, 6) is 5.50. The Morgan fingerprint density at radius 1 is 1.56 bits per heavy atom. The van der Waals surface area contributed by atoms with Gasteiger partial charge in [-0.25, -0.2) is 15.8 Å². The second-order valence-corrected chi connectivity index (χ2v) is 4.68. The number of nitrogens with two attached hydrogens (primary N) is 1. The van der Waals surface area contributed by atoms with Crippen LogP contribution in [0.4, 0.5) is 5.82 Å². The van der Waals surface area contributed by atoms with Crippen LogP contribution in [0.2, 0.25) is 0 Å². The summed E-state index contributed by atoms with van der Waals surface area (Å²) in [5, 5.41) is 5.70. The molecule has 7 heteroatoms. The molecule has 0 aliphatic heterocycles. The number of aromatic nitrogens is 2. The maximum absolute atomic E-state index is 11.9. The SMILES string of the molecule is Cc1nc(CNC(=O)c2ccnc(NN)c2)cs1. The third kappa shape index (κ3) is 3.02. The molecule has 18 heavy (non-hydrogen) atoms. The minimum absolute atomic E-state index is 0.181. The molecule has 0 aliphatic rings. The van der Waals surface area contributed by atoms with Gasteiger partial charge in [-0.3, -0.25) is 4.79 Å². The van der Waals surface area contributed by atoms with Gasteiger partial charge >= 0.3 is 0 Å². The molecule has 0 bridgehead atoms. The van der Waals surface area contributed by atoms with Crippen LogP contribution in [0.25, 0.3) is 0 Å². The molecule has 0 atom stereocenters. The zero-order valence-corrected chi connectivity index (χ0v) is 10.6. The van der Waals surface area contributed by atoms with E-state index in [1.807, 2.05) is 12.3 Å². The predicted octanol–water partition coefficient (Wildman–Crippen LogP) is 1.06. The summed E-state index contributed by atoms with van der Waals surface area (Å²) in [6, 6.07) is 3.21. The standard InChI is InChI=1S/C11H13N5OS/c1-7-15-9(6-18-7)5-14-11(17)8-2-3-13-10(4-8)16-12/h2-4,6H,5,12H2,1H3,(H,13,16)(H,14,17). The molecule has 94 valence electrons. The van der Waals surface area contributed by atoms with Crippen molar-refractivity contribution in [2.75, 3.05) is 5.43 Å². The number of pyridine rings is 1. The van der Waals surface area contributed by atoms with E-state index in [2.05, 4.69) is 20.7 Å². The largest absolute Gasteiger partial charge is 0.346 e. The van der Waals surface area contributed by atoms with E-state index in [1.54, 1.807) is 23.5 Å². The fraction of sp³-hybridized carbons (Fsp3) is 0.182. The maximum atomic E-state index is 11.9. The fourth-order valence-corrected chi connectivity index (χ4v) is 2.03. The summed E-state index contributed by atoms with van der Waals surface area (Å²) in [7, 11) is 0. The molecule has 0 fully saturated rings. The highest BCUT2D eigenvalue weighted by molar-refractivity contribution is 7.09. The Balaban J connectivity index is 1.99. The van der Waals surface area contributed by atoms with Gasteiger partial charge in [-0.05, 0) is 19.1 Å². The lowest BCUT2D eigenvalue weighted by molar-refractivity contribution is 0.0950. The van der Waals surface area contributed by atoms with E-state index in [0.29, 0.717) is 17.9 Å². The topological polar surface area (TPSA) is 92.9 Å². The molecule has 2 aromatic heterocycles. The summed E-state index contributed by atoms with van der Waals surface area (Å²) in [6.45, 7) is 2.34. The molecule has 2 aromatic rings. The van der Waals surface area contributed by atoms with Crippen molar-refractivity contribution >= 4 is 23.1 Å². The van der Waals surface area contributed by atoms with Gasteiger partial charge < -0.3 is 10.7 Å². The number of nitrogens with zero attached hydrogens (tertiary/aromatic N) is 2. The van der Waals surface area contributed by atoms with E-state index in [9.17, 15) is 4.79 Å². The van der Waals surface area contributed by atoms with Crippen LogP contribution in [0.3, 0.4) is 0 Å². The number of anilines is 1. The number of hydrogen-bond acceptors (Lipinski definition) is 6. The Kier molecular flexibility index (Phi) is 3.85. The molecule has 0 unspecified atom stereocenters. The van der Waals surface area contributed by atoms with Crippen molar-refractivity contribution in [3.63, 3.8) is 0 Å². The van der Waals surface area contributed by atoms with Crippen molar-refractivity contribution in [2.24, 2.45) is 5.84 Å². The molecule has 0 radical (unpaired) electrons. The number of carbonyl (C=O) groups is 1. The third-order valence-electron chi connectivity index (χ3n) is 2.27. The molecule has 0 spiro atoms. The number of nitrogens with one attached hydrogen (secondary N) is 2. The summed E-state index contributed by atoms with van der Waals surface area (Å²) >= 11 is 1.56. The fourth-order valence-electron chi connectivity index (χ4n) is 1.41. The molecule has 1 amide bonds. The Morgan fingerprint density at radius 2 is 2.39 bits per heavy atom. The summed E-state index contributed by atoms with van der Waals surface area (Å²) in [5.41, 5.74) is 3.76.